The first-order valence-electron chi connectivity index (χ1n) is 8.28. The van der Waals surface area contributed by atoms with Gasteiger partial charge in [-0.1, -0.05) is 24.3 Å². The van der Waals surface area contributed by atoms with Gasteiger partial charge in [0.1, 0.15) is 17.8 Å². The molecule has 1 aliphatic rings. The van der Waals surface area contributed by atoms with Crippen LogP contribution >= 0.6 is 0 Å². The van der Waals surface area contributed by atoms with Crippen LogP contribution in [-0.4, -0.2) is 58.0 Å². The number of nitrogens with two attached hydrogens (primary N) is 1. The van der Waals surface area contributed by atoms with Crippen molar-refractivity contribution in [2.45, 2.75) is 6.54 Å². The zero-order valence-electron chi connectivity index (χ0n) is 13.9. The number of hydrogen-bond acceptors (Lipinski definition) is 5. The van der Waals surface area contributed by atoms with Gasteiger partial charge in [0.25, 0.3) is 0 Å². The fourth-order valence-electron chi connectivity index (χ4n) is 3.17. The minimum atomic E-state index is 0.509. The van der Waals surface area contributed by atoms with Crippen molar-refractivity contribution < 1.29 is 0 Å². The maximum absolute atomic E-state index is 5.91. The molecule has 0 unspecified atom stereocenters. The lowest BCUT2D eigenvalue weighted by Crippen LogP contribution is -2.43. The highest BCUT2D eigenvalue weighted by atomic mass is 15.2. The zero-order valence-corrected chi connectivity index (χ0v) is 13.9. The lowest BCUT2D eigenvalue weighted by atomic mass is 10.1. The molecule has 24 heavy (non-hydrogen) atoms. The van der Waals surface area contributed by atoms with E-state index in [-0.39, 0.29) is 0 Å². The van der Waals surface area contributed by atoms with Crippen LogP contribution in [0.3, 0.4) is 0 Å². The molecule has 3 aromatic rings. The SMILES string of the molecule is CN1CCN(Cc2ccc(-c3cc4c(N)ncnc4[nH]3)cc2)CC1. The van der Waals surface area contributed by atoms with E-state index >= 15 is 0 Å². The van der Waals surface area contributed by atoms with Crippen molar-refractivity contribution in [3.05, 3.63) is 42.2 Å². The molecule has 1 aliphatic heterocycles. The predicted molar refractivity (Wildman–Crippen MR) is 96.5 cm³/mol. The first kappa shape index (κ1) is 15.1. The van der Waals surface area contributed by atoms with Gasteiger partial charge in [0, 0.05) is 38.4 Å². The molecule has 3 N–H and O–H groups in total. The third kappa shape index (κ3) is 2.98. The summed E-state index contributed by atoms with van der Waals surface area (Å²) in [6.07, 6.45) is 1.48. The number of rotatable bonds is 3. The smallest absolute Gasteiger partial charge is 0.143 e. The van der Waals surface area contributed by atoms with Crippen LogP contribution < -0.4 is 5.73 Å². The summed E-state index contributed by atoms with van der Waals surface area (Å²) < 4.78 is 0. The molecule has 124 valence electrons. The Morgan fingerprint density at radius 1 is 1.08 bits per heavy atom. The minimum Gasteiger partial charge on any atom is -0.383 e. The summed E-state index contributed by atoms with van der Waals surface area (Å²) in [6.45, 7) is 5.58. The standard InChI is InChI=1S/C18H22N6/c1-23-6-8-24(9-7-23)11-13-2-4-14(5-3-13)16-10-15-17(19)20-12-21-18(15)22-16/h2-5,10,12H,6-9,11H2,1H3,(H3,19,20,21,22). The zero-order chi connectivity index (χ0) is 16.5. The van der Waals surface area contributed by atoms with E-state index in [9.17, 15) is 0 Å². The number of fused-ring (bicyclic) bond motifs is 1. The van der Waals surface area contributed by atoms with Crippen LogP contribution in [0.5, 0.6) is 0 Å². The summed E-state index contributed by atoms with van der Waals surface area (Å²) in [5, 5.41) is 0.869. The highest BCUT2D eigenvalue weighted by molar-refractivity contribution is 5.90. The van der Waals surface area contributed by atoms with Gasteiger partial charge in [-0.15, -0.1) is 0 Å². The van der Waals surface area contributed by atoms with Crippen molar-refractivity contribution in [3.63, 3.8) is 0 Å². The van der Waals surface area contributed by atoms with Crippen LogP contribution in [0.25, 0.3) is 22.3 Å². The van der Waals surface area contributed by atoms with Crippen molar-refractivity contribution in [1.82, 2.24) is 24.8 Å². The molecule has 4 rings (SSSR count). The summed E-state index contributed by atoms with van der Waals surface area (Å²) in [5.74, 6) is 0.509. The Bertz CT molecular complexity index is 830. The van der Waals surface area contributed by atoms with Crippen LogP contribution in [0.4, 0.5) is 5.82 Å². The third-order valence-corrected chi connectivity index (χ3v) is 4.72. The number of H-pyrrole nitrogens is 1. The van der Waals surface area contributed by atoms with Crippen LogP contribution in [0.15, 0.2) is 36.7 Å². The van der Waals surface area contributed by atoms with E-state index in [1.807, 2.05) is 6.07 Å². The molecule has 6 nitrogen and oxygen atoms in total. The van der Waals surface area contributed by atoms with Gasteiger partial charge in [0.15, 0.2) is 0 Å². The van der Waals surface area contributed by atoms with E-state index in [1.165, 1.54) is 11.9 Å². The molecule has 0 saturated carbocycles. The molecule has 3 heterocycles. The van der Waals surface area contributed by atoms with Gasteiger partial charge in [0.2, 0.25) is 0 Å². The fourth-order valence-corrected chi connectivity index (χ4v) is 3.17. The molecule has 1 aromatic carbocycles. The number of nitrogen functional groups attached to an aromatic ring is 1. The predicted octanol–water partition coefficient (Wildman–Crippen LogP) is 1.95. The number of piperazine rings is 1. The Morgan fingerprint density at radius 3 is 2.54 bits per heavy atom. The average molecular weight is 322 g/mol. The molecule has 6 heteroatoms. The number of nitrogens with zero attached hydrogens (tertiary/aromatic N) is 4. The largest absolute Gasteiger partial charge is 0.383 e. The van der Waals surface area contributed by atoms with Crippen LogP contribution in [-0.2, 0) is 6.54 Å². The number of aromatic nitrogens is 3. The van der Waals surface area contributed by atoms with Crippen molar-refractivity contribution in [2.24, 2.45) is 0 Å². The maximum Gasteiger partial charge on any atom is 0.143 e. The molecule has 2 aromatic heterocycles. The first-order chi connectivity index (χ1) is 11.7. The van der Waals surface area contributed by atoms with Crippen molar-refractivity contribution in [3.8, 4) is 11.3 Å². The van der Waals surface area contributed by atoms with Crippen LogP contribution in [0.1, 0.15) is 5.56 Å². The highest BCUT2D eigenvalue weighted by Gasteiger charge is 2.14. The molecule has 1 fully saturated rings. The lowest BCUT2D eigenvalue weighted by Gasteiger charge is -2.32. The van der Waals surface area contributed by atoms with E-state index in [2.05, 4.69) is 56.1 Å². The van der Waals surface area contributed by atoms with E-state index in [1.54, 1.807) is 0 Å². The highest BCUT2D eigenvalue weighted by Crippen LogP contribution is 2.25. The Labute approximate surface area is 141 Å². The van der Waals surface area contributed by atoms with Crippen LogP contribution in [0.2, 0.25) is 0 Å². The van der Waals surface area contributed by atoms with Gasteiger partial charge in [-0.3, -0.25) is 4.90 Å². The van der Waals surface area contributed by atoms with E-state index < -0.39 is 0 Å². The second-order valence-electron chi connectivity index (χ2n) is 6.48. The minimum absolute atomic E-state index is 0.509. The van der Waals surface area contributed by atoms with Crippen LogP contribution in [0, 0.1) is 0 Å². The normalized spacial score (nSPS) is 16.7. The van der Waals surface area contributed by atoms with Gasteiger partial charge in [-0.05, 0) is 24.2 Å². The van der Waals surface area contributed by atoms with E-state index in [0.717, 1.165) is 55.0 Å². The number of likely N-dealkylation sites (N-methyl/N-ethyl adjacent to an activating group) is 1. The number of nitrogens with one attached hydrogen (secondary N) is 1. The molecular weight excluding hydrogens is 300 g/mol. The molecule has 0 bridgehead atoms. The summed E-state index contributed by atoms with van der Waals surface area (Å²) in [4.78, 5) is 16.5. The van der Waals surface area contributed by atoms with E-state index in [0.29, 0.717) is 5.82 Å². The van der Waals surface area contributed by atoms with Crippen molar-refractivity contribution >= 4 is 16.9 Å². The van der Waals surface area contributed by atoms with Gasteiger partial charge < -0.3 is 15.6 Å². The summed E-state index contributed by atoms with van der Waals surface area (Å²) >= 11 is 0. The second-order valence-corrected chi connectivity index (χ2v) is 6.48. The topological polar surface area (TPSA) is 74.1 Å². The molecule has 0 spiro atoms. The summed E-state index contributed by atoms with van der Waals surface area (Å²) in [6, 6.07) is 10.7. The summed E-state index contributed by atoms with van der Waals surface area (Å²) in [5.41, 5.74) is 10.2. The van der Waals surface area contributed by atoms with E-state index in [4.69, 9.17) is 5.73 Å². The quantitative estimate of drug-likeness (QED) is 0.771. The Balaban J connectivity index is 1.51. The fraction of sp³-hybridized carbons (Fsp3) is 0.333. The van der Waals surface area contributed by atoms with Gasteiger partial charge >= 0.3 is 0 Å². The number of benzene rings is 1. The number of aromatic amines is 1. The Morgan fingerprint density at radius 2 is 1.83 bits per heavy atom. The van der Waals surface area contributed by atoms with Gasteiger partial charge in [0.05, 0.1) is 5.39 Å². The summed E-state index contributed by atoms with van der Waals surface area (Å²) in [7, 11) is 2.18. The molecule has 0 aliphatic carbocycles. The molecule has 0 atom stereocenters. The number of anilines is 1. The van der Waals surface area contributed by atoms with Gasteiger partial charge in [-0.2, -0.15) is 0 Å². The Hall–Kier alpha value is -2.44. The molecule has 1 saturated heterocycles. The first-order valence-corrected chi connectivity index (χ1v) is 8.28. The second kappa shape index (κ2) is 6.22. The monoisotopic (exact) mass is 322 g/mol. The molecular formula is C18H22N6. The average Bonchev–Trinajstić information content (AvgIpc) is 3.03. The van der Waals surface area contributed by atoms with Crippen molar-refractivity contribution in [1.29, 1.82) is 0 Å². The number of hydrogen-bond donors (Lipinski definition) is 2. The molecule has 0 radical (unpaired) electrons. The maximum atomic E-state index is 5.91. The third-order valence-electron chi connectivity index (χ3n) is 4.72. The van der Waals surface area contributed by atoms with Gasteiger partial charge in [-0.25, -0.2) is 9.97 Å². The lowest BCUT2D eigenvalue weighted by molar-refractivity contribution is 0.148. The van der Waals surface area contributed by atoms with Crippen molar-refractivity contribution in [2.75, 3.05) is 39.0 Å². The molecule has 0 amide bonds. The Kier molecular flexibility index (Phi) is 3.92.